The Labute approximate surface area is 115 Å². The third-order valence-electron chi connectivity index (χ3n) is 3.55. The summed E-state index contributed by atoms with van der Waals surface area (Å²) in [5.74, 6) is 0. The topological polar surface area (TPSA) is 55.2 Å². The lowest BCUT2D eigenvalue weighted by Crippen LogP contribution is -2.29. The highest BCUT2D eigenvalue weighted by Crippen LogP contribution is 2.22. The van der Waals surface area contributed by atoms with Crippen molar-refractivity contribution in [2.24, 2.45) is 0 Å². The number of nitrogens with one attached hydrogen (secondary N) is 1. The fourth-order valence-corrected chi connectivity index (χ4v) is 2.27. The molecule has 0 fully saturated rings. The van der Waals surface area contributed by atoms with Gasteiger partial charge in [-0.05, 0) is 44.7 Å². The molecule has 0 aliphatic heterocycles. The van der Waals surface area contributed by atoms with Gasteiger partial charge in [0.2, 0.25) is 0 Å². The molecular weight excluding hydrogens is 240 g/mol. The molecule has 1 N–H and O–H groups in total. The first kappa shape index (κ1) is 15.6. The normalized spacial score (nSPS) is 12.4. The monoisotopic (exact) mass is 264 g/mol. The first-order valence-corrected chi connectivity index (χ1v) is 7.06. The van der Waals surface area contributed by atoms with Gasteiger partial charge in [-0.15, -0.1) is 0 Å². The predicted molar refractivity (Wildman–Crippen MR) is 78.5 cm³/mol. The number of benzene rings is 1. The van der Waals surface area contributed by atoms with Gasteiger partial charge in [-0.3, -0.25) is 10.1 Å². The van der Waals surface area contributed by atoms with Crippen LogP contribution in [0, 0.1) is 17.0 Å². The van der Waals surface area contributed by atoms with Gasteiger partial charge < -0.3 is 5.32 Å². The summed E-state index contributed by atoms with van der Waals surface area (Å²) in [6, 6.07) is 5.85. The molecule has 0 radical (unpaired) electrons. The lowest BCUT2D eigenvalue weighted by atomic mass is 9.98. The van der Waals surface area contributed by atoms with E-state index in [1.54, 1.807) is 12.1 Å². The third-order valence-corrected chi connectivity index (χ3v) is 3.55. The minimum absolute atomic E-state index is 0.229. The van der Waals surface area contributed by atoms with E-state index >= 15 is 0 Å². The number of hydrogen-bond acceptors (Lipinski definition) is 3. The highest BCUT2D eigenvalue weighted by atomic mass is 16.6. The van der Waals surface area contributed by atoms with Crippen molar-refractivity contribution in [2.45, 2.75) is 52.5 Å². The lowest BCUT2D eigenvalue weighted by Gasteiger charge is -2.17. The van der Waals surface area contributed by atoms with Crippen LogP contribution in [-0.4, -0.2) is 17.5 Å². The molecule has 0 spiro atoms. The molecule has 0 aliphatic rings. The van der Waals surface area contributed by atoms with Crippen molar-refractivity contribution in [2.75, 3.05) is 6.54 Å². The Bertz CT molecular complexity index is 419. The molecule has 106 valence electrons. The number of nitrogens with zero attached hydrogens (tertiary/aromatic N) is 1. The Morgan fingerprint density at radius 2 is 2.11 bits per heavy atom. The molecule has 1 rings (SSSR count). The molecule has 0 aliphatic carbocycles. The smallest absolute Gasteiger partial charge is 0.272 e. The quantitative estimate of drug-likeness (QED) is 0.576. The number of nitro benzene ring substituents is 1. The Kier molecular flexibility index (Phi) is 6.50. The van der Waals surface area contributed by atoms with Gasteiger partial charge in [0, 0.05) is 17.7 Å². The molecule has 1 aromatic rings. The number of nitro groups is 1. The highest BCUT2D eigenvalue weighted by molar-refractivity contribution is 5.44. The van der Waals surface area contributed by atoms with Crippen molar-refractivity contribution >= 4 is 5.69 Å². The second kappa shape index (κ2) is 7.89. The molecular formula is C15H24N2O2. The average molecular weight is 264 g/mol. The van der Waals surface area contributed by atoms with Crippen LogP contribution in [0.2, 0.25) is 0 Å². The van der Waals surface area contributed by atoms with Crippen molar-refractivity contribution in [1.29, 1.82) is 0 Å². The number of hydrogen-bond donors (Lipinski definition) is 1. The molecule has 0 aromatic heterocycles. The summed E-state index contributed by atoms with van der Waals surface area (Å²) in [5, 5.41) is 14.4. The summed E-state index contributed by atoms with van der Waals surface area (Å²) in [6.07, 6.45) is 4.14. The molecule has 1 aromatic carbocycles. The number of aryl methyl sites for hydroxylation is 1. The molecule has 1 atom stereocenters. The zero-order chi connectivity index (χ0) is 14.3. The van der Waals surface area contributed by atoms with E-state index in [2.05, 4.69) is 19.2 Å². The summed E-state index contributed by atoms with van der Waals surface area (Å²) in [4.78, 5) is 10.6. The van der Waals surface area contributed by atoms with E-state index in [0.29, 0.717) is 6.04 Å². The minimum atomic E-state index is -0.300. The molecule has 4 nitrogen and oxygen atoms in total. The highest BCUT2D eigenvalue weighted by Gasteiger charge is 2.14. The van der Waals surface area contributed by atoms with Crippen LogP contribution in [-0.2, 0) is 6.42 Å². The largest absolute Gasteiger partial charge is 0.314 e. The van der Waals surface area contributed by atoms with E-state index in [4.69, 9.17) is 0 Å². The SMILES string of the molecule is CCCNC(CC)CCc1cccc([N+](=O)[O-])c1C. The zero-order valence-corrected chi connectivity index (χ0v) is 12.1. The first-order chi connectivity index (χ1) is 9.10. The van der Waals surface area contributed by atoms with Crippen LogP contribution in [0.5, 0.6) is 0 Å². The van der Waals surface area contributed by atoms with Crippen LogP contribution < -0.4 is 5.32 Å². The Morgan fingerprint density at radius 3 is 2.68 bits per heavy atom. The van der Waals surface area contributed by atoms with Crippen LogP contribution in [0.15, 0.2) is 18.2 Å². The average Bonchev–Trinajstić information content (AvgIpc) is 2.40. The van der Waals surface area contributed by atoms with Crippen molar-refractivity contribution in [3.63, 3.8) is 0 Å². The zero-order valence-electron chi connectivity index (χ0n) is 12.1. The maximum absolute atomic E-state index is 10.9. The molecule has 1 unspecified atom stereocenters. The first-order valence-electron chi connectivity index (χ1n) is 7.06. The molecule has 0 saturated heterocycles. The maximum Gasteiger partial charge on any atom is 0.272 e. The lowest BCUT2D eigenvalue weighted by molar-refractivity contribution is -0.385. The van der Waals surface area contributed by atoms with E-state index < -0.39 is 0 Å². The van der Waals surface area contributed by atoms with Crippen molar-refractivity contribution in [1.82, 2.24) is 5.32 Å². The molecule has 19 heavy (non-hydrogen) atoms. The van der Waals surface area contributed by atoms with Gasteiger partial charge in [0.25, 0.3) is 5.69 Å². The van der Waals surface area contributed by atoms with E-state index in [0.717, 1.165) is 43.4 Å². The number of rotatable bonds is 8. The van der Waals surface area contributed by atoms with Crippen molar-refractivity contribution in [3.05, 3.63) is 39.4 Å². The Morgan fingerprint density at radius 1 is 1.37 bits per heavy atom. The molecule has 4 heteroatoms. The minimum Gasteiger partial charge on any atom is -0.314 e. The standard InChI is InChI=1S/C15H24N2O2/c1-4-11-16-14(5-2)10-9-13-7-6-8-15(12(13)3)17(18)19/h6-8,14,16H,4-5,9-11H2,1-3H3. The van der Waals surface area contributed by atoms with E-state index in [1.807, 2.05) is 13.0 Å². The van der Waals surface area contributed by atoms with Gasteiger partial charge in [0.1, 0.15) is 0 Å². The molecule has 0 bridgehead atoms. The van der Waals surface area contributed by atoms with E-state index in [9.17, 15) is 10.1 Å². The van der Waals surface area contributed by atoms with Crippen molar-refractivity contribution < 1.29 is 4.92 Å². The summed E-state index contributed by atoms with van der Waals surface area (Å²) in [6.45, 7) is 7.21. The molecule has 0 amide bonds. The van der Waals surface area contributed by atoms with Gasteiger partial charge in [-0.25, -0.2) is 0 Å². The fraction of sp³-hybridized carbons (Fsp3) is 0.600. The summed E-state index contributed by atoms with van der Waals surface area (Å²) in [7, 11) is 0. The predicted octanol–water partition coefficient (Wildman–Crippen LogP) is 3.61. The van der Waals surface area contributed by atoms with Gasteiger partial charge in [0.05, 0.1) is 4.92 Å². The summed E-state index contributed by atoms with van der Waals surface area (Å²) < 4.78 is 0. The second-order valence-electron chi connectivity index (χ2n) is 4.92. The maximum atomic E-state index is 10.9. The fourth-order valence-electron chi connectivity index (χ4n) is 2.27. The summed E-state index contributed by atoms with van der Waals surface area (Å²) >= 11 is 0. The second-order valence-corrected chi connectivity index (χ2v) is 4.92. The van der Waals surface area contributed by atoms with Crippen LogP contribution in [0.25, 0.3) is 0 Å². The van der Waals surface area contributed by atoms with E-state index in [-0.39, 0.29) is 10.6 Å². The Hall–Kier alpha value is -1.42. The van der Waals surface area contributed by atoms with Crippen LogP contribution in [0.3, 0.4) is 0 Å². The summed E-state index contributed by atoms with van der Waals surface area (Å²) in [5.41, 5.74) is 2.12. The van der Waals surface area contributed by atoms with E-state index in [1.165, 1.54) is 0 Å². The van der Waals surface area contributed by atoms with Gasteiger partial charge in [-0.2, -0.15) is 0 Å². The Balaban J connectivity index is 2.66. The van der Waals surface area contributed by atoms with Gasteiger partial charge in [0.15, 0.2) is 0 Å². The third kappa shape index (κ3) is 4.63. The van der Waals surface area contributed by atoms with Gasteiger partial charge >= 0.3 is 0 Å². The molecule has 0 saturated carbocycles. The van der Waals surface area contributed by atoms with Crippen molar-refractivity contribution in [3.8, 4) is 0 Å². The van der Waals surface area contributed by atoms with Gasteiger partial charge in [-0.1, -0.05) is 26.0 Å². The molecule has 0 heterocycles. The van der Waals surface area contributed by atoms with Crippen LogP contribution in [0.1, 0.15) is 44.2 Å². The van der Waals surface area contributed by atoms with Crippen LogP contribution in [0.4, 0.5) is 5.69 Å². The van der Waals surface area contributed by atoms with Crippen LogP contribution >= 0.6 is 0 Å².